The molecule has 1 amide bonds. The molecular formula is C17H17ClN4O2. The summed E-state index contributed by atoms with van der Waals surface area (Å²) in [5, 5.41) is 0.926. The van der Waals surface area contributed by atoms with Crippen LogP contribution in [0.1, 0.15) is 21.5 Å². The van der Waals surface area contributed by atoms with Crippen LogP contribution in [0.15, 0.2) is 24.4 Å². The van der Waals surface area contributed by atoms with Crippen LogP contribution < -0.4 is 16.2 Å². The largest absolute Gasteiger partial charge is 0.496 e. The molecule has 3 rings (SSSR count). The molecule has 0 unspecified atom stereocenters. The molecule has 3 aromatic rings. The maximum absolute atomic E-state index is 11.9. The van der Waals surface area contributed by atoms with Gasteiger partial charge in [-0.1, -0.05) is 17.7 Å². The highest BCUT2D eigenvalue weighted by Crippen LogP contribution is 2.36. The number of nitrogen functional groups attached to an aromatic ring is 1. The first-order chi connectivity index (χ1) is 11.4. The van der Waals surface area contributed by atoms with Crippen molar-refractivity contribution < 1.29 is 9.53 Å². The average Bonchev–Trinajstić information content (AvgIpc) is 2.79. The van der Waals surface area contributed by atoms with Gasteiger partial charge in [0.1, 0.15) is 17.2 Å². The molecule has 0 fully saturated rings. The van der Waals surface area contributed by atoms with E-state index in [1.54, 1.807) is 17.7 Å². The molecule has 0 aliphatic rings. The van der Waals surface area contributed by atoms with Crippen LogP contribution in [0.4, 0.5) is 5.82 Å². The fourth-order valence-electron chi connectivity index (χ4n) is 3.03. The number of pyridine rings is 1. The summed E-state index contributed by atoms with van der Waals surface area (Å²) in [6, 6.07) is 5.45. The molecule has 2 heterocycles. The summed E-state index contributed by atoms with van der Waals surface area (Å²) in [4.78, 5) is 16.3. The molecule has 0 saturated carbocycles. The molecule has 7 heteroatoms. The molecule has 24 heavy (non-hydrogen) atoms. The van der Waals surface area contributed by atoms with Gasteiger partial charge in [-0.05, 0) is 31.5 Å². The number of fused-ring (bicyclic) bond motifs is 1. The number of primary amides is 1. The van der Waals surface area contributed by atoms with E-state index in [1.165, 1.54) is 6.20 Å². The lowest BCUT2D eigenvalue weighted by molar-refractivity contribution is 0.100. The number of hydrogen-bond acceptors (Lipinski definition) is 4. The number of amides is 1. The SMILES string of the molecule is COc1ccc(C)c(-n2c(N)c(C(N)=O)c3cc(Cl)cnc32)c1C. The molecule has 1 aromatic carbocycles. The number of aryl methyl sites for hydroxylation is 1. The van der Waals surface area contributed by atoms with Crippen molar-refractivity contribution >= 4 is 34.4 Å². The van der Waals surface area contributed by atoms with E-state index in [1.807, 2.05) is 26.0 Å². The molecule has 0 aliphatic carbocycles. The third-order valence-corrected chi connectivity index (χ3v) is 4.29. The Kier molecular flexibility index (Phi) is 3.85. The van der Waals surface area contributed by atoms with E-state index in [9.17, 15) is 4.79 Å². The summed E-state index contributed by atoms with van der Waals surface area (Å²) in [6.07, 6.45) is 1.51. The molecule has 0 spiro atoms. The van der Waals surface area contributed by atoms with Crippen LogP contribution in [0.2, 0.25) is 5.02 Å². The fraction of sp³-hybridized carbons (Fsp3) is 0.176. The number of methoxy groups -OCH3 is 1. The lowest BCUT2D eigenvalue weighted by atomic mass is 10.1. The summed E-state index contributed by atoms with van der Waals surface area (Å²) in [7, 11) is 1.60. The number of nitrogens with two attached hydrogens (primary N) is 2. The highest BCUT2D eigenvalue weighted by Gasteiger charge is 2.23. The van der Waals surface area contributed by atoms with Gasteiger partial charge in [0.2, 0.25) is 0 Å². The van der Waals surface area contributed by atoms with Crippen molar-refractivity contribution in [1.29, 1.82) is 0 Å². The Labute approximate surface area is 144 Å². The fourth-order valence-corrected chi connectivity index (χ4v) is 3.18. The Morgan fingerprint density at radius 1 is 1.33 bits per heavy atom. The Morgan fingerprint density at radius 2 is 2.04 bits per heavy atom. The molecular weight excluding hydrogens is 328 g/mol. The number of rotatable bonds is 3. The monoisotopic (exact) mass is 344 g/mol. The topological polar surface area (TPSA) is 96.2 Å². The maximum atomic E-state index is 11.9. The number of aromatic nitrogens is 2. The van der Waals surface area contributed by atoms with Gasteiger partial charge in [0.05, 0.1) is 23.4 Å². The number of carbonyl (C=O) groups excluding carboxylic acids is 1. The number of benzene rings is 1. The van der Waals surface area contributed by atoms with E-state index in [-0.39, 0.29) is 11.4 Å². The zero-order valence-corrected chi connectivity index (χ0v) is 14.3. The van der Waals surface area contributed by atoms with Crippen molar-refractivity contribution in [1.82, 2.24) is 9.55 Å². The minimum Gasteiger partial charge on any atom is -0.496 e. The van der Waals surface area contributed by atoms with Gasteiger partial charge in [0.15, 0.2) is 0 Å². The van der Waals surface area contributed by atoms with Crippen molar-refractivity contribution in [3.8, 4) is 11.4 Å². The van der Waals surface area contributed by atoms with Crippen molar-refractivity contribution in [2.75, 3.05) is 12.8 Å². The lowest BCUT2D eigenvalue weighted by Crippen LogP contribution is -2.14. The number of hydrogen-bond donors (Lipinski definition) is 2. The van der Waals surface area contributed by atoms with Gasteiger partial charge in [-0.3, -0.25) is 9.36 Å². The minimum atomic E-state index is -0.626. The number of nitrogens with zero attached hydrogens (tertiary/aromatic N) is 2. The zero-order chi connectivity index (χ0) is 17.6. The molecule has 2 aromatic heterocycles. The minimum absolute atomic E-state index is 0.210. The van der Waals surface area contributed by atoms with Crippen LogP contribution in [0.5, 0.6) is 5.75 Å². The van der Waals surface area contributed by atoms with Crippen molar-refractivity contribution in [3.05, 3.63) is 46.1 Å². The van der Waals surface area contributed by atoms with E-state index >= 15 is 0 Å². The zero-order valence-electron chi connectivity index (χ0n) is 13.6. The lowest BCUT2D eigenvalue weighted by Gasteiger charge is -2.16. The predicted molar refractivity (Wildman–Crippen MR) is 95.0 cm³/mol. The summed E-state index contributed by atoms with van der Waals surface area (Å²) in [5.41, 5.74) is 15.2. The first kappa shape index (κ1) is 16.1. The number of carbonyl (C=O) groups is 1. The standard InChI is InChI=1S/C17H17ClN4O2/c1-8-4-5-12(24-3)9(2)14(8)22-15(19)13(16(20)23)11-6-10(18)7-21-17(11)22/h4-7H,19H2,1-3H3,(H2,20,23). The Hall–Kier alpha value is -2.73. The van der Waals surface area contributed by atoms with Crippen LogP contribution in [-0.2, 0) is 0 Å². The molecule has 124 valence electrons. The molecule has 0 bridgehead atoms. The van der Waals surface area contributed by atoms with Gasteiger partial charge in [0, 0.05) is 17.1 Å². The third kappa shape index (κ3) is 2.27. The van der Waals surface area contributed by atoms with Crippen molar-refractivity contribution in [2.45, 2.75) is 13.8 Å². The molecule has 0 aliphatic heterocycles. The summed E-state index contributed by atoms with van der Waals surface area (Å²) < 4.78 is 7.12. The number of halogens is 1. The van der Waals surface area contributed by atoms with Crippen LogP contribution in [0, 0.1) is 13.8 Å². The highest BCUT2D eigenvalue weighted by molar-refractivity contribution is 6.31. The van der Waals surface area contributed by atoms with Gasteiger partial charge in [-0.15, -0.1) is 0 Å². The first-order valence-corrected chi connectivity index (χ1v) is 7.64. The van der Waals surface area contributed by atoms with Gasteiger partial charge >= 0.3 is 0 Å². The number of ether oxygens (including phenoxy) is 1. The van der Waals surface area contributed by atoms with Crippen LogP contribution in [-0.4, -0.2) is 22.6 Å². The average molecular weight is 345 g/mol. The van der Waals surface area contributed by atoms with E-state index < -0.39 is 5.91 Å². The summed E-state index contributed by atoms with van der Waals surface area (Å²) >= 11 is 6.03. The van der Waals surface area contributed by atoms with Crippen LogP contribution in [0.25, 0.3) is 16.7 Å². The maximum Gasteiger partial charge on any atom is 0.253 e. The quantitative estimate of drug-likeness (QED) is 0.763. The van der Waals surface area contributed by atoms with Crippen molar-refractivity contribution in [2.24, 2.45) is 5.73 Å². The van der Waals surface area contributed by atoms with Crippen LogP contribution in [0.3, 0.4) is 0 Å². The van der Waals surface area contributed by atoms with E-state index in [2.05, 4.69) is 4.98 Å². The van der Waals surface area contributed by atoms with E-state index in [0.717, 1.165) is 16.8 Å². The highest BCUT2D eigenvalue weighted by atomic mass is 35.5. The third-order valence-electron chi connectivity index (χ3n) is 4.08. The summed E-state index contributed by atoms with van der Waals surface area (Å²) in [6.45, 7) is 3.87. The van der Waals surface area contributed by atoms with E-state index in [4.69, 9.17) is 27.8 Å². The molecule has 0 saturated heterocycles. The molecule has 4 N–H and O–H groups in total. The Morgan fingerprint density at radius 3 is 2.67 bits per heavy atom. The second-order valence-electron chi connectivity index (χ2n) is 5.54. The normalized spacial score (nSPS) is 11.0. The van der Waals surface area contributed by atoms with Crippen LogP contribution >= 0.6 is 11.6 Å². The first-order valence-electron chi connectivity index (χ1n) is 7.26. The van der Waals surface area contributed by atoms with Gasteiger partial charge in [0.25, 0.3) is 5.91 Å². The molecule has 0 radical (unpaired) electrons. The van der Waals surface area contributed by atoms with Gasteiger partial charge < -0.3 is 16.2 Å². The summed E-state index contributed by atoms with van der Waals surface area (Å²) in [5.74, 6) is 0.316. The van der Waals surface area contributed by atoms with Gasteiger partial charge in [-0.25, -0.2) is 4.98 Å². The van der Waals surface area contributed by atoms with Gasteiger partial charge in [-0.2, -0.15) is 0 Å². The number of anilines is 1. The predicted octanol–water partition coefficient (Wildman–Crippen LogP) is 2.99. The smallest absolute Gasteiger partial charge is 0.253 e. The molecule has 6 nitrogen and oxygen atoms in total. The van der Waals surface area contributed by atoms with E-state index in [0.29, 0.717) is 21.8 Å². The Balaban J connectivity index is 2.49. The second kappa shape index (κ2) is 5.72. The second-order valence-corrected chi connectivity index (χ2v) is 5.98. The Bertz CT molecular complexity index is 979. The van der Waals surface area contributed by atoms with Crippen molar-refractivity contribution in [3.63, 3.8) is 0 Å². The molecule has 0 atom stereocenters.